The molecule has 0 fully saturated rings. The number of ketones is 1. The van der Waals surface area contributed by atoms with E-state index in [-0.39, 0.29) is 5.78 Å². The minimum absolute atomic E-state index is 0.0540. The van der Waals surface area contributed by atoms with E-state index in [1.54, 1.807) is 5.38 Å². The number of nitrogens with zero attached hydrogens (tertiary/aromatic N) is 1. The van der Waals surface area contributed by atoms with Crippen molar-refractivity contribution in [3.05, 3.63) is 64.1 Å². The minimum Gasteiger partial charge on any atom is -0.325 e. The summed E-state index contributed by atoms with van der Waals surface area (Å²) in [5, 5.41) is 4.73. The molecule has 19 heavy (non-hydrogen) atoms. The second-order valence-electron chi connectivity index (χ2n) is 4.22. The molecule has 3 rings (SSSR count). The van der Waals surface area contributed by atoms with Crippen molar-refractivity contribution in [2.45, 2.75) is 6.54 Å². The van der Waals surface area contributed by atoms with Gasteiger partial charge in [-0.1, -0.05) is 36.4 Å². The Bertz CT molecular complexity index is 748. The molecule has 3 nitrogen and oxygen atoms in total. The van der Waals surface area contributed by atoms with E-state index in [0.29, 0.717) is 17.8 Å². The van der Waals surface area contributed by atoms with Crippen LogP contribution in [0.4, 0.5) is 0 Å². The molecule has 1 aromatic heterocycles. The third kappa shape index (κ3) is 2.28. The maximum absolute atomic E-state index is 12.3. The molecule has 0 atom stereocenters. The molecule has 2 aromatic carbocycles. The number of thiazole rings is 1. The lowest BCUT2D eigenvalue weighted by molar-refractivity contribution is 0.103. The zero-order chi connectivity index (χ0) is 13.2. The molecule has 0 aliphatic heterocycles. The van der Waals surface area contributed by atoms with Gasteiger partial charge in [0.1, 0.15) is 10.7 Å². The number of benzene rings is 2. The fraction of sp³-hybridized carbons (Fsp3) is 0.0667. The zero-order valence-corrected chi connectivity index (χ0v) is 11.0. The number of carbonyl (C=O) groups excluding carboxylic acids is 1. The normalized spacial score (nSPS) is 10.8. The summed E-state index contributed by atoms with van der Waals surface area (Å²) in [6.45, 7) is 0.371. The van der Waals surface area contributed by atoms with E-state index in [4.69, 9.17) is 5.73 Å². The van der Waals surface area contributed by atoms with Crippen LogP contribution in [0.15, 0.2) is 47.8 Å². The topological polar surface area (TPSA) is 56.0 Å². The van der Waals surface area contributed by atoms with E-state index >= 15 is 0 Å². The van der Waals surface area contributed by atoms with E-state index in [9.17, 15) is 4.79 Å². The van der Waals surface area contributed by atoms with Crippen LogP contribution in [0.5, 0.6) is 0 Å². The highest BCUT2D eigenvalue weighted by Gasteiger charge is 2.13. The first-order valence-corrected chi connectivity index (χ1v) is 6.84. The predicted molar refractivity (Wildman–Crippen MR) is 77.4 cm³/mol. The summed E-state index contributed by atoms with van der Waals surface area (Å²) in [7, 11) is 0. The number of aromatic nitrogens is 1. The fourth-order valence-electron chi connectivity index (χ4n) is 1.99. The maximum atomic E-state index is 12.3. The number of carbonyl (C=O) groups is 1. The van der Waals surface area contributed by atoms with Crippen LogP contribution in [0.3, 0.4) is 0 Å². The summed E-state index contributed by atoms with van der Waals surface area (Å²) in [5.74, 6) is -0.0540. The first-order chi connectivity index (χ1) is 9.28. The van der Waals surface area contributed by atoms with E-state index in [2.05, 4.69) is 4.98 Å². The Kier molecular flexibility index (Phi) is 3.11. The van der Waals surface area contributed by atoms with Crippen molar-refractivity contribution in [2.75, 3.05) is 0 Å². The zero-order valence-electron chi connectivity index (χ0n) is 10.2. The SMILES string of the molecule is NCc1nc(C(=O)c2ccc3ccccc3c2)cs1. The lowest BCUT2D eigenvalue weighted by atomic mass is 10.0. The Morgan fingerprint density at radius 1 is 1.16 bits per heavy atom. The van der Waals surface area contributed by atoms with Gasteiger partial charge in [0.25, 0.3) is 0 Å². The predicted octanol–water partition coefficient (Wildman–Crippen LogP) is 2.99. The van der Waals surface area contributed by atoms with Gasteiger partial charge >= 0.3 is 0 Å². The average molecular weight is 268 g/mol. The van der Waals surface area contributed by atoms with Crippen LogP contribution < -0.4 is 5.73 Å². The van der Waals surface area contributed by atoms with Crippen LogP contribution >= 0.6 is 11.3 Å². The lowest BCUT2D eigenvalue weighted by Gasteiger charge is -2.01. The number of fused-ring (bicyclic) bond motifs is 1. The first kappa shape index (κ1) is 12.0. The third-order valence-corrected chi connectivity index (χ3v) is 3.84. The Labute approximate surface area is 114 Å². The van der Waals surface area contributed by atoms with Crippen LogP contribution in [0.25, 0.3) is 10.8 Å². The summed E-state index contributed by atoms with van der Waals surface area (Å²) in [5.41, 5.74) is 6.65. The Balaban J connectivity index is 2.01. The molecular formula is C15H12N2OS. The van der Waals surface area contributed by atoms with E-state index in [1.807, 2.05) is 42.5 Å². The van der Waals surface area contributed by atoms with Crippen molar-refractivity contribution < 1.29 is 4.79 Å². The van der Waals surface area contributed by atoms with Crippen LogP contribution in [0.2, 0.25) is 0 Å². The molecule has 3 aromatic rings. The number of nitrogens with two attached hydrogens (primary N) is 1. The van der Waals surface area contributed by atoms with Gasteiger partial charge in [0.2, 0.25) is 5.78 Å². The number of rotatable bonds is 3. The molecule has 0 unspecified atom stereocenters. The first-order valence-electron chi connectivity index (χ1n) is 5.96. The largest absolute Gasteiger partial charge is 0.325 e. The van der Waals surface area contributed by atoms with Gasteiger partial charge in [-0.2, -0.15) is 0 Å². The monoisotopic (exact) mass is 268 g/mol. The van der Waals surface area contributed by atoms with E-state index in [1.165, 1.54) is 11.3 Å². The van der Waals surface area contributed by atoms with E-state index in [0.717, 1.165) is 15.8 Å². The highest BCUT2D eigenvalue weighted by molar-refractivity contribution is 7.09. The molecule has 0 spiro atoms. The smallest absolute Gasteiger partial charge is 0.212 e. The van der Waals surface area contributed by atoms with Gasteiger partial charge in [-0.3, -0.25) is 4.79 Å². The van der Waals surface area contributed by atoms with Crippen molar-refractivity contribution in [2.24, 2.45) is 5.73 Å². The molecule has 0 saturated carbocycles. The van der Waals surface area contributed by atoms with Gasteiger partial charge < -0.3 is 5.73 Å². The second-order valence-corrected chi connectivity index (χ2v) is 5.16. The van der Waals surface area contributed by atoms with Gasteiger partial charge in [-0.05, 0) is 16.8 Å². The number of hydrogen-bond donors (Lipinski definition) is 1. The fourth-order valence-corrected chi connectivity index (χ4v) is 2.64. The van der Waals surface area contributed by atoms with Gasteiger partial charge in [-0.15, -0.1) is 11.3 Å². The Hall–Kier alpha value is -2.04. The third-order valence-electron chi connectivity index (χ3n) is 2.97. The van der Waals surface area contributed by atoms with E-state index < -0.39 is 0 Å². The molecular weight excluding hydrogens is 256 g/mol. The summed E-state index contributed by atoms with van der Waals surface area (Å²) in [6.07, 6.45) is 0. The molecule has 0 aliphatic rings. The molecule has 0 saturated heterocycles. The van der Waals surface area contributed by atoms with Crippen molar-refractivity contribution in [1.29, 1.82) is 0 Å². The van der Waals surface area contributed by atoms with Crippen LogP contribution in [0, 0.1) is 0 Å². The molecule has 0 amide bonds. The molecule has 4 heteroatoms. The molecule has 0 aliphatic carbocycles. The highest BCUT2D eigenvalue weighted by atomic mass is 32.1. The lowest BCUT2D eigenvalue weighted by Crippen LogP contribution is -2.03. The van der Waals surface area contributed by atoms with Crippen LogP contribution in [-0.2, 0) is 6.54 Å². The molecule has 94 valence electrons. The standard InChI is InChI=1S/C15H12N2OS/c16-8-14-17-13(9-19-14)15(18)12-6-5-10-3-1-2-4-11(10)7-12/h1-7,9H,8,16H2. The number of hydrogen-bond acceptors (Lipinski definition) is 4. The maximum Gasteiger partial charge on any atom is 0.212 e. The highest BCUT2D eigenvalue weighted by Crippen LogP contribution is 2.19. The van der Waals surface area contributed by atoms with Gasteiger partial charge in [0.05, 0.1) is 0 Å². The van der Waals surface area contributed by atoms with Gasteiger partial charge in [-0.25, -0.2) is 4.98 Å². The summed E-state index contributed by atoms with van der Waals surface area (Å²) >= 11 is 1.42. The molecule has 1 heterocycles. The summed E-state index contributed by atoms with van der Waals surface area (Å²) in [6, 6.07) is 13.7. The molecule has 2 N–H and O–H groups in total. The van der Waals surface area contributed by atoms with Crippen LogP contribution in [0.1, 0.15) is 21.1 Å². The molecule has 0 radical (unpaired) electrons. The minimum atomic E-state index is -0.0540. The van der Waals surface area contributed by atoms with Crippen molar-refractivity contribution >= 4 is 27.9 Å². The Morgan fingerprint density at radius 2 is 1.95 bits per heavy atom. The molecule has 0 bridgehead atoms. The van der Waals surface area contributed by atoms with Crippen LogP contribution in [-0.4, -0.2) is 10.8 Å². The second kappa shape index (κ2) is 4.91. The van der Waals surface area contributed by atoms with Crippen molar-refractivity contribution in [3.8, 4) is 0 Å². The Morgan fingerprint density at radius 3 is 2.68 bits per heavy atom. The van der Waals surface area contributed by atoms with Crippen molar-refractivity contribution in [1.82, 2.24) is 4.98 Å². The van der Waals surface area contributed by atoms with Crippen molar-refractivity contribution in [3.63, 3.8) is 0 Å². The van der Waals surface area contributed by atoms with Gasteiger partial charge in [0.15, 0.2) is 0 Å². The average Bonchev–Trinajstić information content (AvgIpc) is 2.95. The quantitative estimate of drug-likeness (QED) is 0.743. The summed E-state index contributed by atoms with van der Waals surface area (Å²) < 4.78 is 0. The van der Waals surface area contributed by atoms with Gasteiger partial charge in [0, 0.05) is 17.5 Å². The summed E-state index contributed by atoms with van der Waals surface area (Å²) in [4.78, 5) is 16.6.